The van der Waals surface area contributed by atoms with E-state index in [9.17, 15) is 0 Å². The average Bonchev–Trinajstić information content (AvgIpc) is 2.96. The van der Waals surface area contributed by atoms with Gasteiger partial charge in [-0.15, -0.1) is 14.8 Å². The lowest BCUT2D eigenvalue weighted by molar-refractivity contribution is 0.580. The SMILES string of the molecule is c1ccc2c(c1)c(N1CCNCC1)nn1nnnc21. The van der Waals surface area contributed by atoms with Crippen LogP contribution >= 0.6 is 0 Å². The van der Waals surface area contributed by atoms with Crippen LogP contribution in [0.5, 0.6) is 0 Å². The van der Waals surface area contributed by atoms with Gasteiger partial charge in [0.15, 0.2) is 5.82 Å². The summed E-state index contributed by atoms with van der Waals surface area (Å²) in [6, 6.07) is 8.14. The van der Waals surface area contributed by atoms with Crippen molar-refractivity contribution in [3.05, 3.63) is 24.3 Å². The molecule has 0 spiro atoms. The Bertz CT molecular complexity index is 729. The summed E-state index contributed by atoms with van der Waals surface area (Å²) in [5.74, 6) is 0.955. The van der Waals surface area contributed by atoms with E-state index in [0.29, 0.717) is 5.65 Å². The molecule has 0 amide bonds. The summed E-state index contributed by atoms with van der Waals surface area (Å²) in [6.45, 7) is 3.85. The Kier molecular flexibility index (Phi) is 2.31. The molecule has 0 saturated carbocycles. The molecule has 1 saturated heterocycles. The van der Waals surface area contributed by atoms with Crippen LogP contribution in [-0.2, 0) is 0 Å². The first kappa shape index (κ1) is 10.6. The van der Waals surface area contributed by atoms with E-state index in [1.807, 2.05) is 18.2 Å². The standard InChI is InChI=1S/C12H13N7/c1-2-4-10-9(3-1)11-14-16-17-19(11)15-12(10)18-7-5-13-6-8-18/h1-4,13H,5-8H2. The highest BCUT2D eigenvalue weighted by molar-refractivity contribution is 5.99. The maximum Gasteiger partial charge on any atom is 0.207 e. The normalized spacial score (nSPS) is 16.3. The third-order valence-electron chi connectivity index (χ3n) is 3.47. The van der Waals surface area contributed by atoms with Crippen LogP contribution in [0.25, 0.3) is 16.4 Å². The van der Waals surface area contributed by atoms with E-state index >= 15 is 0 Å². The van der Waals surface area contributed by atoms with Crippen LogP contribution in [0.2, 0.25) is 0 Å². The van der Waals surface area contributed by atoms with Gasteiger partial charge >= 0.3 is 0 Å². The fraction of sp³-hybridized carbons (Fsp3) is 0.333. The summed E-state index contributed by atoms with van der Waals surface area (Å²) in [6.07, 6.45) is 0. The summed E-state index contributed by atoms with van der Waals surface area (Å²) >= 11 is 0. The minimum Gasteiger partial charge on any atom is -0.352 e. The van der Waals surface area contributed by atoms with Gasteiger partial charge in [-0.3, -0.25) is 0 Å². The van der Waals surface area contributed by atoms with Crippen LogP contribution < -0.4 is 10.2 Å². The summed E-state index contributed by atoms with van der Waals surface area (Å²) in [5.41, 5.74) is 0.703. The van der Waals surface area contributed by atoms with Crippen molar-refractivity contribution in [3.63, 3.8) is 0 Å². The maximum atomic E-state index is 4.57. The molecule has 0 atom stereocenters. The number of fused-ring (bicyclic) bond motifs is 3. The van der Waals surface area contributed by atoms with Gasteiger partial charge in [-0.1, -0.05) is 24.3 Å². The van der Waals surface area contributed by atoms with E-state index in [-0.39, 0.29) is 0 Å². The molecule has 4 rings (SSSR count). The summed E-state index contributed by atoms with van der Waals surface area (Å²) in [4.78, 5) is 2.28. The number of benzene rings is 1. The van der Waals surface area contributed by atoms with Crippen LogP contribution in [0.1, 0.15) is 0 Å². The first-order valence-electron chi connectivity index (χ1n) is 6.36. The zero-order valence-corrected chi connectivity index (χ0v) is 10.3. The molecule has 3 heterocycles. The quantitative estimate of drug-likeness (QED) is 0.664. The molecule has 2 aromatic heterocycles. The molecular formula is C12H13N7. The van der Waals surface area contributed by atoms with Gasteiger partial charge in [-0.2, -0.15) is 0 Å². The Labute approximate surface area is 109 Å². The zero-order chi connectivity index (χ0) is 12.7. The highest BCUT2D eigenvalue weighted by Gasteiger charge is 2.17. The number of anilines is 1. The molecule has 1 fully saturated rings. The first-order valence-corrected chi connectivity index (χ1v) is 6.36. The minimum atomic E-state index is 0.703. The predicted molar refractivity (Wildman–Crippen MR) is 71.2 cm³/mol. The van der Waals surface area contributed by atoms with Crippen LogP contribution in [0.3, 0.4) is 0 Å². The van der Waals surface area contributed by atoms with Crippen LogP contribution in [0.4, 0.5) is 5.82 Å². The Hall–Kier alpha value is -2.28. The molecule has 7 nitrogen and oxygen atoms in total. The minimum absolute atomic E-state index is 0.703. The van der Waals surface area contributed by atoms with Crippen LogP contribution in [0.15, 0.2) is 24.3 Å². The van der Waals surface area contributed by atoms with Crippen molar-refractivity contribution in [2.45, 2.75) is 0 Å². The Balaban J connectivity index is 2.00. The molecular weight excluding hydrogens is 242 g/mol. The second-order valence-corrected chi connectivity index (χ2v) is 4.60. The first-order chi connectivity index (χ1) is 9.43. The topological polar surface area (TPSA) is 71.2 Å². The molecule has 96 valence electrons. The molecule has 1 N–H and O–H groups in total. The predicted octanol–water partition coefficient (Wildman–Crippen LogP) is 0.0821. The second-order valence-electron chi connectivity index (χ2n) is 4.60. The molecule has 0 unspecified atom stereocenters. The molecule has 0 aliphatic carbocycles. The van der Waals surface area contributed by atoms with E-state index in [1.54, 1.807) is 0 Å². The Morgan fingerprint density at radius 3 is 2.68 bits per heavy atom. The number of hydrogen-bond donors (Lipinski definition) is 1. The summed E-state index contributed by atoms with van der Waals surface area (Å²) in [7, 11) is 0. The van der Waals surface area contributed by atoms with Crippen LogP contribution in [0, 0.1) is 0 Å². The number of nitrogens with one attached hydrogen (secondary N) is 1. The fourth-order valence-corrected chi connectivity index (χ4v) is 2.54. The molecule has 0 bridgehead atoms. The van der Waals surface area contributed by atoms with Crippen molar-refractivity contribution in [2.24, 2.45) is 0 Å². The third kappa shape index (κ3) is 1.62. The van der Waals surface area contributed by atoms with Gasteiger partial charge in [-0.05, 0) is 10.4 Å². The van der Waals surface area contributed by atoms with Gasteiger partial charge in [0.1, 0.15) is 0 Å². The average molecular weight is 255 g/mol. The maximum absolute atomic E-state index is 4.57. The highest BCUT2D eigenvalue weighted by Crippen LogP contribution is 2.26. The van der Waals surface area contributed by atoms with E-state index in [1.165, 1.54) is 4.63 Å². The van der Waals surface area contributed by atoms with E-state index in [4.69, 9.17) is 0 Å². The molecule has 7 heteroatoms. The lowest BCUT2D eigenvalue weighted by Crippen LogP contribution is -2.44. The van der Waals surface area contributed by atoms with Gasteiger partial charge in [0, 0.05) is 37.0 Å². The van der Waals surface area contributed by atoms with Crippen molar-refractivity contribution in [1.29, 1.82) is 0 Å². The van der Waals surface area contributed by atoms with Crippen molar-refractivity contribution >= 4 is 22.2 Å². The number of hydrogen-bond acceptors (Lipinski definition) is 6. The van der Waals surface area contributed by atoms with Crippen molar-refractivity contribution < 1.29 is 0 Å². The molecule has 19 heavy (non-hydrogen) atoms. The van der Waals surface area contributed by atoms with E-state index in [2.05, 4.69) is 36.9 Å². The molecule has 1 aromatic carbocycles. The zero-order valence-electron chi connectivity index (χ0n) is 10.3. The second kappa shape index (κ2) is 4.13. The summed E-state index contributed by atoms with van der Waals surface area (Å²) < 4.78 is 1.51. The van der Waals surface area contributed by atoms with Gasteiger partial charge in [0.05, 0.1) is 0 Å². The Morgan fingerprint density at radius 1 is 1.05 bits per heavy atom. The highest BCUT2D eigenvalue weighted by atomic mass is 15.6. The van der Waals surface area contributed by atoms with Gasteiger partial charge in [0.2, 0.25) is 5.65 Å². The molecule has 1 aliphatic rings. The van der Waals surface area contributed by atoms with Crippen molar-refractivity contribution in [3.8, 4) is 0 Å². The summed E-state index contributed by atoms with van der Waals surface area (Å²) in [5, 5.41) is 21.7. The number of rotatable bonds is 1. The van der Waals surface area contributed by atoms with Gasteiger partial charge in [-0.25, -0.2) is 0 Å². The van der Waals surface area contributed by atoms with Crippen molar-refractivity contribution in [2.75, 3.05) is 31.1 Å². The van der Waals surface area contributed by atoms with E-state index < -0.39 is 0 Å². The monoisotopic (exact) mass is 255 g/mol. The number of aromatic nitrogens is 5. The lowest BCUT2D eigenvalue weighted by Gasteiger charge is -2.28. The van der Waals surface area contributed by atoms with Gasteiger partial charge < -0.3 is 10.2 Å². The molecule has 3 aromatic rings. The molecule has 0 radical (unpaired) electrons. The fourth-order valence-electron chi connectivity index (χ4n) is 2.54. The van der Waals surface area contributed by atoms with Crippen LogP contribution in [-0.4, -0.2) is 51.4 Å². The molecule has 1 aliphatic heterocycles. The third-order valence-corrected chi connectivity index (χ3v) is 3.47. The number of tetrazole rings is 1. The van der Waals surface area contributed by atoms with Crippen molar-refractivity contribution in [1.82, 2.24) is 30.6 Å². The van der Waals surface area contributed by atoms with E-state index in [0.717, 1.165) is 42.8 Å². The largest absolute Gasteiger partial charge is 0.352 e. The number of nitrogens with zero attached hydrogens (tertiary/aromatic N) is 6. The Morgan fingerprint density at radius 2 is 1.84 bits per heavy atom. The van der Waals surface area contributed by atoms with Gasteiger partial charge in [0.25, 0.3) is 0 Å². The smallest absolute Gasteiger partial charge is 0.207 e. The lowest BCUT2D eigenvalue weighted by atomic mass is 10.1. The number of piperazine rings is 1.